The lowest BCUT2D eigenvalue weighted by molar-refractivity contribution is -0.134. The first kappa shape index (κ1) is 15.8. The Morgan fingerprint density at radius 1 is 1.30 bits per heavy atom. The third kappa shape index (κ3) is 3.81. The van der Waals surface area contributed by atoms with Gasteiger partial charge in [0.15, 0.2) is 0 Å². The Hall–Kier alpha value is -2.11. The highest BCUT2D eigenvalue weighted by Gasteiger charge is 2.29. The second-order valence-electron chi connectivity index (χ2n) is 7.35. The molecule has 0 N–H and O–H groups in total. The molecule has 3 heterocycles. The van der Waals surface area contributed by atoms with Crippen molar-refractivity contribution in [3.05, 3.63) is 24.5 Å². The Morgan fingerprint density at radius 3 is 2.65 bits per heavy atom. The minimum absolute atomic E-state index is 0.0277. The van der Waals surface area contributed by atoms with Gasteiger partial charge >= 0.3 is 0 Å². The molecule has 1 saturated heterocycles. The molecule has 124 valence electrons. The van der Waals surface area contributed by atoms with Crippen LogP contribution < -0.4 is 0 Å². The predicted molar refractivity (Wildman–Crippen MR) is 84.6 cm³/mol. The quantitative estimate of drug-likeness (QED) is 0.866. The minimum atomic E-state index is 0.0277. The van der Waals surface area contributed by atoms with E-state index in [1.807, 2.05) is 4.90 Å². The third-order valence-corrected chi connectivity index (χ3v) is 4.09. The average Bonchev–Trinajstić information content (AvgIpc) is 3.17. The monoisotopic (exact) mass is 317 g/mol. The van der Waals surface area contributed by atoms with Crippen LogP contribution in [-0.2, 0) is 4.79 Å². The van der Waals surface area contributed by atoms with E-state index in [-0.39, 0.29) is 17.2 Å². The fourth-order valence-corrected chi connectivity index (χ4v) is 2.84. The van der Waals surface area contributed by atoms with Crippen molar-refractivity contribution in [3.63, 3.8) is 0 Å². The van der Waals surface area contributed by atoms with Crippen molar-refractivity contribution in [2.45, 2.75) is 46.0 Å². The summed E-state index contributed by atoms with van der Waals surface area (Å²) in [6, 6.07) is 1.80. The van der Waals surface area contributed by atoms with Gasteiger partial charge in [-0.3, -0.25) is 4.79 Å². The molecule has 0 unspecified atom stereocenters. The Balaban J connectivity index is 1.58. The van der Waals surface area contributed by atoms with E-state index in [0.29, 0.717) is 18.2 Å². The van der Waals surface area contributed by atoms with Gasteiger partial charge in [0.2, 0.25) is 11.8 Å². The van der Waals surface area contributed by atoms with E-state index in [9.17, 15) is 4.79 Å². The molecule has 1 fully saturated rings. The smallest absolute Gasteiger partial charge is 0.250 e. The van der Waals surface area contributed by atoms with Crippen molar-refractivity contribution < 1.29 is 13.6 Å². The Bertz CT molecular complexity index is 647. The molecule has 0 spiro atoms. The highest BCUT2D eigenvalue weighted by Crippen LogP contribution is 2.30. The summed E-state index contributed by atoms with van der Waals surface area (Å²) in [5.41, 5.74) is 0.821. The molecule has 1 aliphatic rings. The largest absolute Gasteiger partial charge is 0.472 e. The summed E-state index contributed by atoms with van der Waals surface area (Å²) in [7, 11) is 0. The number of amides is 1. The zero-order chi connectivity index (χ0) is 16.4. The first-order chi connectivity index (χ1) is 10.9. The number of furan rings is 1. The number of carbonyl (C=O) groups excluding carboxylic acids is 1. The zero-order valence-electron chi connectivity index (χ0n) is 13.9. The summed E-state index contributed by atoms with van der Waals surface area (Å²) < 4.78 is 10.8. The number of piperidine rings is 1. The fourth-order valence-electron chi connectivity index (χ4n) is 2.84. The lowest BCUT2D eigenvalue weighted by atomic mass is 9.90. The Labute approximate surface area is 135 Å². The minimum Gasteiger partial charge on any atom is -0.472 e. The van der Waals surface area contributed by atoms with E-state index in [0.717, 1.165) is 31.5 Å². The number of carbonyl (C=O) groups is 1. The topological polar surface area (TPSA) is 72.4 Å². The predicted octanol–water partition coefficient (Wildman–Crippen LogP) is 3.47. The van der Waals surface area contributed by atoms with Crippen LogP contribution in [0.4, 0.5) is 0 Å². The lowest BCUT2D eigenvalue weighted by Gasteiger charge is -2.32. The summed E-state index contributed by atoms with van der Waals surface area (Å²) in [6.45, 7) is 7.78. The number of likely N-dealkylation sites (tertiary alicyclic amines) is 1. The van der Waals surface area contributed by atoms with Gasteiger partial charge in [-0.1, -0.05) is 20.8 Å². The van der Waals surface area contributed by atoms with Crippen molar-refractivity contribution in [2.75, 3.05) is 13.1 Å². The molecule has 6 nitrogen and oxygen atoms in total. The number of aromatic nitrogens is 2. The zero-order valence-corrected chi connectivity index (χ0v) is 13.9. The van der Waals surface area contributed by atoms with Crippen LogP contribution >= 0.6 is 0 Å². The van der Waals surface area contributed by atoms with Crippen LogP contribution in [0.25, 0.3) is 11.5 Å². The van der Waals surface area contributed by atoms with Crippen LogP contribution in [0.2, 0.25) is 0 Å². The van der Waals surface area contributed by atoms with E-state index in [1.54, 1.807) is 18.6 Å². The van der Waals surface area contributed by atoms with Gasteiger partial charge in [0.05, 0.1) is 11.8 Å². The van der Waals surface area contributed by atoms with Crippen LogP contribution in [0, 0.1) is 5.41 Å². The molecule has 0 saturated carbocycles. The normalized spacial score (nSPS) is 16.7. The Kier molecular flexibility index (Phi) is 4.24. The standard InChI is InChI=1S/C17H23N3O3/c1-17(2,3)10-14(21)20-7-4-12(5-8-20)15-18-19-16(23-15)13-6-9-22-11-13/h6,9,11-12H,4-5,7-8,10H2,1-3H3. The van der Waals surface area contributed by atoms with E-state index < -0.39 is 0 Å². The van der Waals surface area contributed by atoms with Crippen molar-refractivity contribution in [1.82, 2.24) is 15.1 Å². The SMILES string of the molecule is CC(C)(C)CC(=O)N1CCC(c2nnc(-c3ccoc3)o2)CC1. The van der Waals surface area contributed by atoms with E-state index in [4.69, 9.17) is 8.83 Å². The van der Waals surface area contributed by atoms with Crippen molar-refractivity contribution in [3.8, 4) is 11.5 Å². The number of rotatable bonds is 3. The first-order valence-corrected chi connectivity index (χ1v) is 8.06. The maximum Gasteiger partial charge on any atom is 0.250 e. The van der Waals surface area contributed by atoms with Gasteiger partial charge in [-0.05, 0) is 24.3 Å². The second-order valence-corrected chi connectivity index (χ2v) is 7.35. The van der Waals surface area contributed by atoms with Crippen molar-refractivity contribution in [1.29, 1.82) is 0 Å². The molecule has 1 amide bonds. The molecule has 0 bridgehead atoms. The second kappa shape index (κ2) is 6.18. The van der Waals surface area contributed by atoms with Crippen LogP contribution in [0.1, 0.15) is 51.8 Å². The summed E-state index contributed by atoms with van der Waals surface area (Å²) in [6.07, 6.45) is 5.48. The van der Waals surface area contributed by atoms with Gasteiger partial charge in [-0.25, -0.2) is 0 Å². The summed E-state index contributed by atoms with van der Waals surface area (Å²) in [4.78, 5) is 14.2. The van der Waals surface area contributed by atoms with Gasteiger partial charge < -0.3 is 13.7 Å². The number of nitrogens with zero attached hydrogens (tertiary/aromatic N) is 3. The van der Waals surface area contributed by atoms with E-state index >= 15 is 0 Å². The molecule has 1 aliphatic heterocycles. The molecule has 0 atom stereocenters. The van der Waals surface area contributed by atoms with Gasteiger partial charge in [0.25, 0.3) is 5.89 Å². The summed E-state index contributed by atoms with van der Waals surface area (Å²) in [5.74, 6) is 1.60. The van der Waals surface area contributed by atoms with Crippen LogP contribution in [-0.4, -0.2) is 34.1 Å². The third-order valence-electron chi connectivity index (χ3n) is 4.09. The average molecular weight is 317 g/mol. The van der Waals surface area contributed by atoms with Crippen LogP contribution in [0.3, 0.4) is 0 Å². The van der Waals surface area contributed by atoms with Crippen LogP contribution in [0.15, 0.2) is 27.4 Å². The van der Waals surface area contributed by atoms with E-state index in [1.165, 1.54) is 0 Å². The molecule has 3 rings (SSSR count). The van der Waals surface area contributed by atoms with Gasteiger partial charge in [0, 0.05) is 25.4 Å². The summed E-state index contributed by atoms with van der Waals surface area (Å²) in [5, 5.41) is 8.24. The highest BCUT2D eigenvalue weighted by molar-refractivity contribution is 5.76. The molecule has 2 aromatic rings. The molecular weight excluding hydrogens is 294 g/mol. The van der Waals surface area contributed by atoms with Crippen molar-refractivity contribution >= 4 is 5.91 Å². The molecule has 0 radical (unpaired) electrons. The maximum absolute atomic E-state index is 12.3. The molecule has 0 aromatic carbocycles. The lowest BCUT2D eigenvalue weighted by Crippen LogP contribution is -2.39. The van der Waals surface area contributed by atoms with Gasteiger partial charge in [-0.15, -0.1) is 10.2 Å². The van der Waals surface area contributed by atoms with Crippen LogP contribution in [0.5, 0.6) is 0 Å². The fraction of sp³-hybridized carbons (Fsp3) is 0.588. The molecule has 2 aromatic heterocycles. The molecular formula is C17H23N3O3. The number of hydrogen-bond donors (Lipinski definition) is 0. The summed E-state index contributed by atoms with van der Waals surface area (Å²) >= 11 is 0. The molecule has 0 aliphatic carbocycles. The maximum atomic E-state index is 12.3. The molecule has 23 heavy (non-hydrogen) atoms. The van der Waals surface area contributed by atoms with Crippen molar-refractivity contribution in [2.24, 2.45) is 5.41 Å². The number of hydrogen-bond acceptors (Lipinski definition) is 5. The van der Waals surface area contributed by atoms with Gasteiger partial charge in [0.1, 0.15) is 6.26 Å². The highest BCUT2D eigenvalue weighted by atomic mass is 16.4. The first-order valence-electron chi connectivity index (χ1n) is 8.06. The van der Waals surface area contributed by atoms with E-state index in [2.05, 4.69) is 31.0 Å². The van der Waals surface area contributed by atoms with Gasteiger partial charge in [-0.2, -0.15) is 0 Å². The Morgan fingerprint density at radius 2 is 2.04 bits per heavy atom. The molecule has 6 heteroatoms.